The quantitative estimate of drug-likeness (QED) is 0.863. The van der Waals surface area contributed by atoms with E-state index in [-0.39, 0.29) is 24.7 Å². The van der Waals surface area contributed by atoms with Gasteiger partial charge in [-0.05, 0) is 44.0 Å². The molecule has 0 radical (unpaired) electrons. The molecule has 0 aromatic heterocycles. The molecule has 0 bridgehead atoms. The fourth-order valence-electron chi connectivity index (χ4n) is 3.86. The fraction of sp³-hybridized carbons (Fsp3) is 0.556. The van der Waals surface area contributed by atoms with Gasteiger partial charge in [-0.3, -0.25) is 9.69 Å². The Bertz CT molecular complexity index is 637. The first-order valence-electron chi connectivity index (χ1n) is 8.69. The Hall–Kier alpha value is -1.79. The number of halogens is 1. The molecule has 3 rings (SSSR count). The Balaban J connectivity index is 1.67. The van der Waals surface area contributed by atoms with Crippen LogP contribution in [-0.4, -0.2) is 59.6 Å². The lowest BCUT2D eigenvalue weighted by Crippen LogP contribution is -2.50. The maximum atomic E-state index is 12.6. The molecule has 2 N–H and O–H groups in total. The lowest BCUT2D eigenvalue weighted by atomic mass is 9.98. The average molecular weight is 366 g/mol. The van der Waals surface area contributed by atoms with Crippen molar-refractivity contribution in [3.63, 3.8) is 0 Å². The first-order chi connectivity index (χ1) is 12.0. The number of carbonyl (C=O) groups excluding carboxylic acids is 1. The highest BCUT2D eigenvalue weighted by atomic mass is 35.5. The molecule has 1 aromatic carbocycles. The Labute approximate surface area is 152 Å². The molecule has 2 aliphatic heterocycles. The molecule has 136 valence electrons. The molecule has 0 spiro atoms. The van der Waals surface area contributed by atoms with Crippen LogP contribution in [0.5, 0.6) is 0 Å². The second-order valence-corrected chi connectivity index (χ2v) is 7.38. The van der Waals surface area contributed by atoms with E-state index in [2.05, 4.69) is 10.2 Å². The smallest absolute Gasteiger partial charge is 0.317 e. The largest absolute Gasteiger partial charge is 0.481 e. The van der Waals surface area contributed by atoms with Gasteiger partial charge in [-0.15, -0.1) is 0 Å². The normalized spacial score (nSPS) is 27.3. The minimum absolute atomic E-state index is 0.00359. The zero-order chi connectivity index (χ0) is 18.0. The molecule has 2 heterocycles. The summed E-state index contributed by atoms with van der Waals surface area (Å²) in [6, 6.07) is 7.66. The standard InChI is InChI=1S/C18H24ClN3O3/c1-21-10-8-15(16(21)12-4-6-14(19)7-5-12)20-18(25)22-9-2-3-13(11-22)17(23)24/h4-7,13,15-16H,2-3,8-11H2,1H3,(H,20,25)(H,23,24). The molecule has 3 unspecified atom stereocenters. The van der Waals surface area contributed by atoms with Crippen LogP contribution < -0.4 is 5.32 Å². The monoisotopic (exact) mass is 365 g/mol. The van der Waals surface area contributed by atoms with Crippen molar-refractivity contribution in [2.45, 2.75) is 31.3 Å². The Morgan fingerprint density at radius 3 is 2.60 bits per heavy atom. The van der Waals surface area contributed by atoms with Crippen molar-refractivity contribution < 1.29 is 14.7 Å². The van der Waals surface area contributed by atoms with Gasteiger partial charge in [0.2, 0.25) is 0 Å². The van der Waals surface area contributed by atoms with Gasteiger partial charge in [0.15, 0.2) is 0 Å². The van der Waals surface area contributed by atoms with Crippen LogP contribution in [0.3, 0.4) is 0 Å². The maximum absolute atomic E-state index is 12.6. The summed E-state index contributed by atoms with van der Waals surface area (Å²) in [5.74, 6) is -1.28. The van der Waals surface area contributed by atoms with Crippen molar-refractivity contribution in [1.82, 2.24) is 15.1 Å². The Kier molecular flexibility index (Phi) is 5.49. The van der Waals surface area contributed by atoms with Gasteiger partial charge in [0.05, 0.1) is 18.0 Å². The van der Waals surface area contributed by atoms with Gasteiger partial charge in [0.25, 0.3) is 0 Å². The van der Waals surface area contributed by atoms with Gasteiger partial charge in [0, 0.05) is 24.7 Å². The molecule has 2 saturated heterocycles. The summed E-state index contributed by atoms with van der Waals surface area (Å²) in [4.78, 5) is 27.7. The number of carbonyl (C=O) groups is 2. The molecule has 2 amide bonds. The average Bonchev–Trinajstić information content (AvgIpc) is 2.96. The van der Waals surface area contributed by atoms with Gasteiger partial charge in [-0.2, -0.15) is 0 Å². The number of amides is 2. The van der Waals surface area contributed by atoms with Crippen LogP contribution in [0.25, 0.3) is 0 Å². The number of aliphatic carboxylic acids is 1. The lowest BCUT2D eigenvalue weighted by molar-refractivity contribution is -0.143. The van der Waals surface area contributed by atoms with Gasteiger partial charge in [-0.1, -0.05) is 23.7 Å². The second-order valence-electron chi connectivity index (χ2n) is 6.95. The molecule has 7 heteroatoms. The summed E-state index contributed by atoms with van der Waals surface area (Å²) in [6.45, 7) is 1.80. The maximum Gasteiger partial charge on any atom is 0.317 e. The van der Waals surface area contributed by atoms with Gasteiger partial charge in [0.1, 0.15) is 0 Å². The zero-order valence-electron chi connectivity index (χ0n) is 14.3. The second kappa shape index (κ2) is 7.62. The van der Waals surface area contributed by atoms with Crippen LogP contribution in [0.15, 0.2) is 24.3 Å². The van der Waals surface area contributed by atoms with Crippen LogP contribution in [0, 0.1) is 5.92 Å². The third kappa shape index (κ3) is 4.07. The molecule has 25 heavy (non-hydrogen) atoms. The number of carboxylic acid groups (broad SMARTS) is 1. The van der Waals surface area contributed by atoms with E-state index in [9.17, 15) is 14.7 Å². The van der Waals surface area contributed by atoms with Crippen molar-refractivity contribution in [1.29, 1.82) is 0 Å². The van der Waals surface area contributed by atoms with Crippen molar-refractivity contribution >= 4 is 23.6 Å². The molecule has 0 aliphatic carbocycles. The fourth-order valence-corrected chi connectivity index (χ4v) is 3.98. The van der Waals surface area contributed by atoms with Crippen LogP contribution >= 0.6 is 11.6 Å². The number of urea groups is 1. The Morgan fingerprint density at radius 2 is 1.92 bits per heavy atom. The lowest BCUT2D eigenvalue weighted by Gasteiger charge is -2.33. The van der Waals surface area contributed by atoms with E-state index in [1.807, 2.05) is 31.3 Å². The van der Waals surface area contributed by atoms with E-state index in [0.29, 0.717) is 18.0 Å². The minimum atomic E-state index is -0.822. The molecule has 1 aromatic rings. The van der Waals surface area contributed by atoms with Crippen molar-refractivity contribution in [2.24, 2.45) is 5.92 Å². The highest BCUT2D eigenvalue weighted by Gasteiger charge is 2.36. The number of nitrogens with zero attached hydrogens (tertiary/aromatic N) is 2. The van der Waals surface area contributed by atoms with E-state index < -0.39 is 11.9 Å². The summed E-state index contributed by atoms with van der Waals surface area (Å²) in [5, 5.41) is 13.0. The predicted octanol–water partition coefficient (Wildman–Crippen LogP) is 2.59. The zero-order valence-corrected chi connectivity index (χ0v) is 15.1. The van der Waals surface area contributed by atoms with Gasteiger partial charge < -0.3 is 15.3 Å². The first kappa shape index (κ1) is 18.0. The molecule has 2 fully saturated rings. The number of piperidine rings is 1. The van der Waals surface area contributed by atoms with E-state index in [0.717, 1.165) is 24.9 Å². The number of carboxylic acids is 1. The number of benzene rings is 1. The van der Waals surface area contributed by atoms with Gasteiger partial charge in [-0.25, -0.2) is 4.79 Å². The molecule has 3 atom stereocenters. The van der Waals surface area contributed by atoms with Crippen LogP contribution in [0.1, 0.15) is 30.9 Å². The molecule has 0 saturated carbocycles. The van der Waals surface area contributed by atoms with Crippen LogP contribution in [0.2, 0.25) is 5.02 Å². The third-order valence-corrected chi connectivity index (χ3v) is 5.48. The van der Waals surface area contributed by atoms with Crippen molar-refractivity contribution in [2.75, 3.05) is 26.7 Å². The van der Waals surface area contributed by atoms with Gasteiger partial charge >= 0.3 is 12.0 Å². The molecular formula is C18H24ClN3O3. The highest BCUT2D eigenvalue weighted by Crippen LogP contribution is 2.32. The number of rotatable bonds is 3. The van der Waals surface area contributed by atoms with Crippen molar-refractivity contribution in [3.05, 3.63) is 34.9 Å². The summed E-state index contributed by atoms with van der Waals surface area (Å²) in [5.41, 5.74) is 1.12. The van der Waals surface area contributed by atoms with Crippen molar-refractivity contribution in [3.8, 4) is 0 Å². The summed E-state index contributed by atoms with van der Waals surface area (Å²) in [6.07, 6.45) is 2.24. The van der Waals surface area contributed by atoms with Crippen LogP contribution in [-0.2, 0) is 4.79 Å². The van der Waals surface area contributed by atoms with Crippen LogP contribution in [0.4, 0.5) is 4.79 Å². The molecular weight excluding hydrogens is 342 g/mol. The predicted molar refractivity (Wildman–Crippen MR) is 95.7 cm³/mol. The number of nitrogens with one attached hydrogen (secondary N) is 1. The Morgan fingerprint density at radius 1 is 1.20 bits per heavy atom. The SMILES string of the molecule is CN1CCC(NC(=O)N2CCCC(C(=O)O)C2)C1c1ccc(Cl)cc1. The summed E-state index contributed by atoms with van der Waals surface area (Å²) < 4.78 is 0. The number of hydrogen-bond acceptors (Lipinski definition) is 3. The summed E-state index contributed by atoms with van der Waals surface area (Å²) in [7, 11) is 2.05. The van der Waals surface area contributed by atoms with E-state index in [4.69, 9.17) is 11.6 Å². The molecule has 2 aliphatic rings. The minimum Gasteiger partial charge on any atom is -0.481 e. The number of likely N-dealkylation sites (N-methyl/N-ethyl adjacent to an activating group) is 1. The highest BCUT2D eigenvalue weighted by molar-refractivity contribution is 6.30. The first-order valence-corrected chi connectivity index (χ1v) is 9.07. The topological polar surface area (TPSA) is 72.9 Å². The number of hydrogen-bond donors (Lipinski definition) is 2. The van der Waals surface area contributed by atoms with E-state index >= 15 is 0 Å². The molecule has 6 nitrogen and oxygen atoms in total. The summed E-state index contributed by atoms with van der Waals surface area (Å²) >= 11 is 5.98. The van der Waals surface area contributed by atoms with E-state index in [1.54, 1.807) is 4.90 Å². The van der Waals surface area contributed by atoms with E-state index in [1.165, 1.54) is 0 Å². The third-order valence-electron chi connectivity index (χ3n) is 5.23. The number of likely N-dealkylation sites (tertiary alicyclic amines) is 2.